The van der Waals surface area contributed by atoms with E-state index in [1.165, 1.54) is 0 Å². The lowest BCUT2D eigenvalue weighted by molar-refractivity contribution is -0.161. The summed E-state index contributed by atoms with van der Waals surface area (Å²) in [5, 5.41) is 5.68. The van der Waals surface area contributed by atoms with Crippen LogP contribution in [0.1, 0.15) is 90.4 Å². The van der Waals surface area contributed by atoms with Crippen LogP contribution < -0.4 is 16.4 Å². The number of pyridine rings is 1. The summed E-state index contributed by atoms with van der Waals surface area (Å²) >= 11 is 0. The van der Waals surface area contributed by atoms with Crippen molar-refractivity contribution in [1.29, 1.82) is 0 Å². The zero-order valence-corrected chi connectivity index (χ0v) is 32.8. The first kappa shape index (κ1) is 45.0. The van der Waals surface area contributed by atoms with Gasteiger partial charge in [0.05, 0.1) is 12.3 Å². The lowest BCUT2D eigenvalue weighted by Crippen LogP contribution is -2.49. The van der Waals surface area contributed by atoms with Crippen LogP contribution in [0.5, 0.6) is 0 Å². The fourth-order valence-electron chi connectivity index (χ4n) is 4.72. The molecule has 1 aromatic rings. The molecule has 52 heavy (non-hydrogen) atoms. The van der Waals surface area contributed by atoms with E-state index in [9.17, 15) is 14.4 Å². The Labute approximate surface area is 319 Å². The second-order valence-corrected chi connectivity index (χ2v) is 15.5. The summed E-state index contributed by atoms with van der Waals surface area (Å²) in [5.41, 5.74) is 5.31. The third-order valence-corrected chi connectivity index (χ3v) is 10.0. The quantitative estimate of drug-likeness (QED) is 0.0250. The zero-order valence-electron chi connectivity index (χ0n) is 31.2. The molecule has 1 aromatic heterocycles. The fourth-order valence-corrected chi connectivity index (χ4v) is 6.48. The van der Waals surface area contributed by atoms with Crippen molar-refractivity contribution < 1.29 is 28.6 Å². The predicted octanol–water partition coefficient (Wildman–Crippen LogP) is 7.32. The first-order valence-electron chi connectivity index (χ1n) is 18.4. The number of esters is 1. The van der Waals surface area contributed by atoms with Crippen LogP contribution in [-0.2, 0) is 28.6 Å². The maximum Gasteiger partial charge on any atom is 0.305 e. The Balaban J connectivity index is 1.73. The average Bonchev–Trinajstić information content (AvgIpc) is 3.92. The molecule has 1 fully saturated rings. The summed E-state index contributed by atoms with van der Waals surface area (Å²) < 4.78 is 17.5. The molecule has 0 spiro atoms. The van der Waals surface area contributed by atoms with Gasteiger partial charge in [0, 0.05) is 55.6 Å². The fraction of sp³-hybridized carbons (Fsp3) is 0.550. The van der Waals surface area contributed by atoms with E-state index in [1.807, 2.05) is 32.0 Å². The standard InChI is InChI=1S/C40H60N4O6S2/c1-4-5-6-7-8-9-10-11-12-13-14-15-16-17-18-19-20-24-35(46)48-32-40(2,3)37(50-39-36(49-39)33-23-21-22-27-42-33)38(47)44-28-25-34(45)43-29-31-52-51-30-26-41/h5-6,8-9,11-12,14-15,17-18,21-23,27,36-37,39H,4,7,10,13,16,19-20,24-26,28-32,41H2,1-3H3,(H,43,45)(H,44,47). The van der Waals surface area contributed by atoms with Crippen LogP contribution in [0.4, 0.5) is 0 Å². The Hall–Kier alpha value is -3.16. The third-order valence-electron chi connectivity index (χ3n) is 7.61. The number of amides is 2. The highest BCUT2D eigenvalue weighted by Crippen LogP contribution is 2.41. The van der Waals surface area contributed by atoms with Crippen molar-refractivity contribution in [2.45, 2.75) is 97.1 Å². The number of hydrogen-bond donors (Lipinski definition) is 3. The molecule has 2 amide bonds. The minimum absolute atomic E-state index is 0.0209. The number of nitrogens with one attached hydrogen (secondary N) is 2. The molecular formula is C40H60N4O6S2. The van der Waals surface area contributed by atoms with Crippen molar-refractivity contribution in [2.24, 2.45) is 11.1 Å². The molecule has 4 N–H and O–H groups in total. The Morgan fingerprint density at radius 2 is 1.56 bits per heavy atom. The van der Waals surface area contributed by atoms with Crippen LogP contribution in [0.25, 0.3) is 0 Å². The number of hydrogen-bond acceptors (Lipinski definition) is 10. The van der Waals surface area contributed by atoms with E-state index in [0.29, 0.717) is 25.2 Å². The van der Waals surface area contributed by atoms with Gasteiger partial charge in [-0.3, -0.25) is 19.4 Å². The van der Waals surface area contributed by atoms with E-state index in [0.717, 1.165) is 50.0 Å². The second-order valence-electron chi connectivity index (χ2n) is 12.8. The number of allylic oxidation sites excluding steroid dienone is 10. The van der Waals surface area contributed by atoms with Crippen LogP contribution in [0.2, 0.25) is 0 Å². The number of ether oxygens (including phenoxy) is 3. The lowest BCUT2D eigenvalue weighted by atomic mass is 9.86. The molecule has 0 saturated carbocycles. The minimum atomic E-state index is -1.00. The molecule has 12 heteroatoms. The zero-order chi connectivity index (χ0) is 37.7. The van der Waals surface area contributed by atoms with Gasteiger partial charge in [0.1, 0.15) is 6.10 Å². The Morgan fingerprint density at radius 3 is 2.19 bits per heavy atom. The molecule has 2 heterocycles. The van der Waals surface area contributed by atoms with Crippen molar-refractivity contribution >= 4 is 39.4 Å². The molecule has 0 radical (unpaired) electrons. The molecule has 1 saturated heterocycles. The molecule has 1 aliphatic heterocycles. The van der Waals surface area contributed by atoms with Crippen LogP contribution >= 0.6 is 21.6 Å². The van der Waals surface area contributed by atoms with E-state index < -0.39 is 29.8 Å². The minimum Gasteiger partial charge on any atom is -0.465 e. The smallest absolute Gasteiger partial charge is 0.305 e. The SMILES string of the molecule is CCC=CCC=CCC=CCC=CCC=CCCCC(=O)OCC(C)(C)C(OC1OC1c1ccccn1)C(=O)NCCC(=O)NCCSSCCN. The highest BCUT2D eigenvalue weighted by Gasteiger charge is 2.49. The number of rotatable bonds is 29. The molecule has 1 aliphatic rings. The van der Waals surface area contributed by atoms with Crippen molar-refractivity contribution in [3.05, 3.63) is 90.9 Å². The maximum atomic E-state index is 13.4. The van der Waals surface area contributed by atoms with Crippen LogP contribution in [0, 0.1) is 5.41 Å². The number of nitrogens with two attached hydrogens (primary N) is 1. The molecular weight excluding hydrogens is 697 g/mol. The molecule has 10 nitrogen and oxygen atoms in total. The topological polar surface area (TPSA) is 145 Å². The van der Waals surface area contributed by atoms with E-state index in [2.05, 4.69) is 83.3 Å². The van der Waals surface area contributed by atoms with Gasteiger partial charge in [-0.2, -0.15) is 0 Å². The monoisotopic (exact) mass is 756 g/mol. The lowest BCUT2D eigenvalue weighted by Gasteiger charge is -2.32. The second kappa shape index (κ2) is 28.4. The normalized spacial score (nSPS) is 16.8. The van der Waals surface area contributed by atoms with E-state index in [1.54, 1.807) is 27.8 Å². The molecule has 0 bridgehead atoms. The highest BCUT2D eigenvalue weighted by atomic mass is 33.1. The molecule has 288 valence electrons. The van der Waals surface area contributed by atoms with Crippen molar-refractivity contribution in [1.82, 2.24) is 15.6 Å². The number of carbonyl (C=O) groups excluding carboxylic acids is 3. The highest BCUT2D eigenvalue weighted by molar-refractivity contribution is 8.76. The van der Waals surface area contributed by atoms with Gasteiger partial charge in [0.2, 0.25) is 11.8 Å². The van der Waals surface area contributed by atoms with Crippen molar-refractivity contribution in [3.63, 3.8) is 0 Å². The third kappa shape index (κ3) is 21.4. The number of unbranched alkanes of at least 4 members (excludes halogenated alkanes) is 1. The maximum absolute atomic E-state index is 13.4. The molecule has 0 aromatic carbocycles. The summed E-state index contributed by atoms with van der Waals surface area (Å²) in [4.78, 5) is 42.6. The summed E-state index contributed by atoms with van der Waals surface area (Å²) in [6, 6.07) is 5.51. The van der Waals surface area contributed by atoms with Gasteiger partial charge in [-0.1, -0.05) is 109 Å². The first-order valence-corrected chi connectivity index (χ1v) is 20.9. The number of nitrogens with zero attached hydrogens (tertiary/aromatic N) is 1. The van der Waals surface area contributed by atoms with Gasteiger partial charge >= 0.3 is 5.97 Å². The van der Waals surface area contributed by atoms with Crippen LogP contribution in [0.3, 0.4) is 0 Å². The molecule has 3 unspecified atom stereocenters. The largest absolute Gasteiger partial charge is 0.465 e. The molecule has 0 aliphatic carbocycles. The number of epoxide rings is 1. The number of carbonyl (C=O) groups is 3. The van der Waals surface area contributed by atoms with Crippen molar-refractivity contribution in [2.75, 3.05) is 37.7 Å². The van der Waals surface area contributed by atoms with Gasteiger partial charge in [0.25, 0.3) is 0 Å². The van der Waals surface area contributed by atoms with Gasteiger partial charge in [-0.15, -0.1) is 0 Å². The van der Waals surface area contributed by atoms with Gasteiger partial charge < -0.3 is 30.6 Å². The van der Waals surface area contributed by atoms with Gasteiger partial charge in [0.15, 0.2) is 12.4 Å². The molecule has 3 atom stereocenters. The summed E-state index contributed by atoms with van der Waals surface area (Å²) in [7, 11) is 3.33. The van der Waals surface area contributed by atoms with Gasteiger partial charge in [-0.05, 0) is 57.1 Å². The summed E-state index contributed by atoms with van der Waals surface area (Å²) in [6.45, 7) is 7.04. The van der Waals surface area contributed by atoms with E-state index in [-0.39, 0.29) is 37.9 Å². The Morgan fingerprint density at radius 1 is 0.904 bits per heavy atom. The van der Waals surface area contributed by atoms with Crippen LogP contribution in [-0.4, -0.2) is 72.9 Å². The van der Waals surface area contributed by atoms with E-state index >= 15 is 0 Å². The average molecular weight is 757 g/mol. The van der Waals surface area contributed by atoms with Crippen LogP contribution in [0.15, 0.2) is 85.2 Å². The number of aromatic nitrogens is 1. The summed E-state index contributed by atoms with van der Waals surface area (Å²) in [5.74, 6) is 0.749. The summed E-state index contributed by atoms with van der Waals surface area (Å²) in [6.07, 6.45) is 27.8. The van der Waals surface area contributed by atoms with E-state index in [4.69, 9.17) is 19.9 Å². The Kier molecular flexibility index (Phi) is 24.5. The Bertz CT molecular complexity index is 1300. The predicted molar refractivity (Wildman–Crippen MR) is 214 cm³/mol. The first-order chi connectivity index (χ1) is 25.3. The molecule has 2 rings (SSSR count). The van der Waals surface area contributed by atoms with Crippen molar-refractivity contribution in [3.8, 4) is 0 Å². The van der Waals surface area contributed by atoms with Gasteiger partial charge in [-0.25, -0.2) is 0 Å².